The summed E-state index contributed by atoms with van der Waals surface area (Å²) in [5.74, 6) is -0.256. The van der Waals surface area contributed by atoms with Crippen molar-refractivity contribution in [1.82, 2.24) is 19.6 Å². The maximum absolute atomic E-state index is 14.0. The second-order valence-electron chi connectivity index (χ2n) is 4.51. The summed E-state index contributed by atoms with van der Waals surface area (Å²) >= 11 is 0. The van der Waals surface area contributed by atoms with Gasteiger partial charge in [0.2, 0.25) is 5.95 Å². The Kier molecular flexibility index (Phi) is 5.56. The summed E-state index contributed by atoms with van der Waals surface area (Å²) < 4.78 is 17.2. The SMILES string of the molecule is CCn1cc(NCc2c(C)nn(CC)c2F)c(C)n1.Cl. The summed E-state index contributed by atoms with van der Waals surface area (Å²) in [5, 5.41) is 11.7. The van der Waals surface area contributed by atoms with E-state index in [1.807, 2.05) is 38.6 Å². The smallest absolute Gasteiger partial charge is 0.216 e. The van der Waals surface area contributed by atoms with E-state index in [1.165, 1.54) is 4.68 Å². The van der Waals surface area contributed by atoms with Gasteiger partial charge in [0.1, 0.15) is 0 Å². The lowest BCUT2D eigenvalue weighted by Gasteiger charge is -2.04. The van der Waals surface area contributed by atoms with Crippen molar-refractivity contribution in [1.29, 1.82) is 0 Å². The maximum Gasteiger partial charge on any atom is 0.216 e. The number of nitrogens with zero attached hydrogens (tertiary/aromatic N) is 4. The maximum atomic E-state index is 14.0. The summed E-state index contributed by atoms with van der Waals surface area (Å²) in [7, 11) is 0. The summed E-state index contributed by atoms with van der Waals surface area (Å²) in [6, 6.07) is 0. The molecule has 0 spiro atoms. The van der Waals surface area contributed by atoms with Gasteiger partial charge in [0.05, 0.1) is 17.1 Å². The minimum atomic E-state index is -0.256. The first-order valence-corrected chi connectivity index (χ1v) is 6.56. The molecular formula is C13H21ClFN5. The Labute approximate surface area is 124 Å². The zero-order valence-corrected chi connectivity index (χ0v) is 13.1. The molecule has 2 rings (SSSR count). The summed E-state index contributed by atoms with van der Waals surface area (Å²) in [5.41, 5.74) is 3.20. The van der Waals surface area contributed by atoms with Gasteiger partial charge >= 0.3 is 0 Å². The highest BCUT2D eigenvalue weighted by molar-refractivity contribution is 5.85. The number of hydrogen-bond acceptors (Lipinski definition) is 3. The van der Waals surface area contributed by atoms with Gasteiger partial charge < -0.3 is 5.32 Å². The highest BCUT2D eigenvalue weighted by Gasteiger charge is 2.14. The van der Waals surface area contributed by atoms with Crippen molar-refractivity contribution < 1.29 is 4.39 Å². The number of hydrogen-bond donors (Lipinski definition) is 1. The van der Waals surface area contributed by atoms with E-state index in [9.17, 15) is 4.39 Å². The highest BCUT2D eigenvalue weighted by Crippen LogP contribution is 2.17. The average molecular weight is 302 g/mol. The molecule has 0 unspecified atom stereocenters. The molecule has 0 saturated carbocycles. The van der Waals surface area contributed by atoms with Crippen LogP contribution in [0.25, 0.3) is 0 Å². The van der Waals surface area contributed by atoms with Crippen LogP contribution in [-0.2, 0) is 19.6 Å². The van der Waals surface area contributed by atoms with Crippen LogP contribution >= 0.6 is 12.4 Å². The van der Waals surface area contributed by atoms with Crippen molar-refractivity contribution in [3.05, 3.63) is 29.1 Å². The number of aromatic nitrogens is 4. The zero-order valence-electron chi connectivity index (χ0n) is 12.3. The van der Waals surface area contributed by atoms with E-state index in [0.29, 0.717) is 18.7 Å². The number of halogens is 2. The Balaban J connectivity index is 0.00000200. The Hall–Kier alpha value is -1.56. The first-order valence-electron chi connectivity index (χ1n) is 6.56. The lowest BCUT2D eigenvalue weighted by Crippen LogP contribution is -2.04. The molecule has 20 heavy (non-hydrogen) atoms. The van der Waals surface area contributed by atoms with Crippen LogP contribution in [0.1, 0.15) is 30.8 Å². The molecule has 2 heterocycles. The van der Waals surface area contributed by atoms with Crippen LogP contribution in [0.5, 0.6) is 0 Å². The molecule has 0 saturated heterocycles. The van der Waals surface area contributed by atoms with Crippen molar-refractivity contribution in [2.24, 2.45) is 0 Å². The fourth-order valence-electron chi connectivity index (χ4n) is 2.04. The fraction of sp³-hybridized carbons (Fsp3) is 0.538. The van der Waals surface area contributed by atoms with Gasteiger partial charge in [-0.25, -0.2) is 4.68 Å². The molecule has 0 bridgehead atoms. The molecule has 7 heteroatoms. The molecule has 0 aliphatic heterocycles. The van der Waals surface area contributed by atoms with Gasteiger partial charge in [-0.15, -0.1) is 12.4 Å². The summed E-state index contributed by atoms with van der Waals surface area (Å²) in [4.78, 5) is 0. The third-order valence-electron chi connectivity index (χ3n) is 3.21. The number of rotatable bonds is 5. The van der Waals surface area contributed by atoms with Crippen LogP contribution in [0.3, 0.4) is 0 Å². The molecule has 2 aromatic heterocycles. The predicted molar refractivity (Wildman–Crippen MR) is 79.8 cm³/mol. The Morgan fingerprint density at radius 1 is 1.15 bits per heavy atom. The van der Waals surface area contributed by atoms with Crippen molar-refractivity contribution in [3.63, 3.8) is 0 Å². The number of nitrogens with one attached hydrogen (secondary N) is 1. The third-order valence-corrected chi connectivity index (χ3v) is 3.21. The summed E-state index contributed by atoms with van der Waals surface area (Å²) in [6.45, 7) is 9.46. The van der Waals surface area contributed by atoms with Crippen LogP contribution in [0.2, 0.25) is 0 Å². The van der Waals surface area contributed by atoms with Gasteiger partial charge in [-0.05, 0) is 27.7 Å². The monoisotopic (exact) mass is 301 g/mol. The topological polar surface area (TPSA) is 47.7 Å². The normalized spacial score (nSPS) is 10.4. The molecule has 0 amide bonds. The predicted octanol–water partition coefficient (Wildman–Crippen LogP) is 2.91. The zero-order chi connectivity index (χ0) is 14.0. The molecule has 2 aromatic rings. The minimum Gasteiger partial charge on any atom is -0.378 e. The lowest BCUT2D eigenvalue weighted by atomic mass is 10.2. The van der Waals surface area contributed by atoms with E-state index in [-0.39, 0.29) is 18.4 Å². The van der Waals surface area contributed by atoms with Crippen molar-refractivity contribution in [3.8, 4) is 0 Å². The first-order chi connectivity index (χ1) is 9.06. The van der Waals surface area contributed by atoms with Gasteiger partial charge in [-0.3, -0.25) is 4.68 Å². The van der Waals surface area contributed by atoms with Crippen LogP contribution < -0.4 is 5.32 Å². The molecule has 0 fully saturated rings. The van der Waals surface area contributed by atoms with Crippen LogP contribution in [0, 0.1) is 19.8 Å². The number of anilines is 1. The van der Waals surface area contributed by atoms with E-state index in [4.69, 9.17) is 0 Å². The van der Waals surface area contributed by atoms with Gasteiger partial charge in [-0.1, -0.05) is 0 Å². The minimum absolute atomic E-state index is 0. The molecular weight excluding hydrogens is 281 g/mol. The van der Waals surface area contributed by atoms with Gasteiger partial charge in [-0.2, -0.15) is 14.6 Å². The molecule has 0 aliphatic carbocycles. The average Bonchev–Trinajstić information content (AvgIpc) is 2.88. The van der Waals surface area contributed by atoms with E-state index in [1.54, 1.807) is 0 Å². The van der Waals surface area contributed by atoms with E-state index < -0.39 is 0 Å². The Morgan fingerprint density at radius 2 is 1.85 bits per heavy atom. The Bertz CT molecular complexity index is 576. The van der Waals surface area contributed by atoms with Gasteiger partial charge in [0, 0.05) is 31.4 Å². The lowest BCUT2D eigenvalue weighted by molar-refractivity contribution is 0.464. The fourth-order valence-corrected chi connectivity index (χ4v) is 2.04. The Morgan fingerprint density at radius 3 is 2.35 bits per heavy atom. The van der Waals surface area contributed by atoms with Crippen LogP contribution in [0.4, 0.5) is 10.1 Å². The van der Waals surface area contributed by atoms with Crippen LogP contribution in [-0.4, -0.2) is 19.6 Å². The van der Waals surface area contributed by atoms with Crippen molar-refractivity contribution in [2.45, 2.75) is 47.3 Å². The van der Waals surface area contributed by atoms with E-state index in [2.05, 4.69) is 15.5 Å². The molecule has 0 atom stereocenters. The quantitative estimate of drug-likeness (QED) is 0.924. The van der Waals surface area contributed by atoms with E-state index >= 15 is 0 Å². The number of aryl methyl sites for hydroxylation is 4. The first kappa shape index (κ1) is 16.5. The van der Waals surface area contributed by atoms with Gasteiger partial charge in [0.15, 0.2) is 0 Å². The van der Waals surface area contributed by atoms with E-state index in [0.717, 1.165) is 23.6 Å². The molecule has 1 N–H and O–H groups in total. The summed E-state index contributed by atoms with van der Waals surface area (Å²) in [6.07, 6.45) is 1.94. The third kappa shape index (κ3) is 3.12. The van der Waals surface area contributed by atoms with Crippen molar-refractivity contribution in [2.75, 3.05) is 5.32 Å². The second kappa shape index (κ2) is 6.74. The standard InChI is InChI=1S/C13H20FN5.ClH/c1-5-18-8-12(10(4)16-18)15-7-11-9(3)17-19(6-2)13(11)14;/h8,15H,5-7H2,1-4H3;1H. The highest BCUT2D eigenvalue weighted by atomic mass is 35.5. The van der Waals surface area contributed by atoms with Crippen molar-refractivity contribution >= 4 is 18.1 Å². The molecule has 0 aliphatic rings. The second-order valence-corrected chi connectivity index (χ2v) is 4.51. The molecule has 5 nitrogen and oxygen atoms in total. The largest absolute Gasteiger partial charge is 0.378 e. The molecule has 0 radical (unpaired) electrons. The van der Waals surface area contributed by atoms with Crippen LogP contribution in [0.15, 0.2) is 6.20 Å². The van der Waals surface area contributed by atoms with Gasteiger partial charge in [0.25, 0.3) is 0 Å². The molecule has 112 valence electrons. The molecule has 0 aromatic carbocycles.